The number of rotatable bonds is 7. The maximum atomic E-state index is 13.2. The summed E-state index contributed by atoms with van der Waals surface area (Å²) >= 11 is 0. The first-order valence-corrected chi connectivity index (χ1v) is 5.87. The van der Waals surface area contributed by atoms with E-state index in [0.717, 1.165) is 0 Å². The average molecular weight is 255 g/mol. The van der Waals surface area contributed by atoms with Crippen LogP contribution < -0.4 is 4.74 Å². The smallest absolute Gasteiger partial charge is 0.222 e. The van der Waals surface area contributed by atoms with Crippen LogP contribution in [0.5, 0.6) is 5.75 Å². The first-order valence-electron chi connectivity index (χ1n) is 5.87. The molecule has 100 valence electrons. The van der Waals surface area contributed by atoms with E-state index in [0.29, 0.717) is 19.4 Å². The van der Waals surface area contributed by atoms with Crippen LogP contribution in [0.15, 0.2) is 24.3 Å². The fourth-order valence-electron chi connectivity index (χ4n) is 1.40. The standard InChI is InChI=1S/C13H18FNO3/c1-15(13(17)7-4-9-16)8-10-18-12-6-3-2-5-11(12)14/h2-3,5-6,16H,4,7-10H2,1H3. The molecule has 0 aliphatic heterocycles. The predicted octanol–water partition coefficient (Wildman–Crippen LogP) is 1.44. The van der Waals surface area contributed by atoms with Crippen LogP contribution in [0.2, 0.25) is 0 Å². The molecule has 0 unspecified atom stereocenters. The van der Waals surface area contributed by atoms with Crippen LogP contribution in [0.1, 0.15) is 12.8 Å². The Balaban J connectivity index is 2.29. The van der Waals surface area contributed by atoms with E-state index in [1.54, 1.807) is 25.2 Å². The van der Waals surface area contributed by atoms with Crippen molar-refractivity contribution in [2.24, 2.45) is 0 Å². The summed E-state index contributed by atoms with van der Waals surface area (Å²) in [6, 6.07) is 6.15. The zero-order chi connectivity index (χ0) is 13.4. The molecule has 0 heterocycles. The van der Waals surface area contributed by atoms with Crippen molar-refractivity contribution < 1.29 is 19.0 Å². The number of carbonyl (C=O) groups excluding carboxylic acids is 1. The third kappa shape index (κ3) is 4.71. The molecule has 5 heteroatoms. The molecule has 0 fully saturated rings. The monoisotopic (exact) mass is 255 g/mol. The van der Waals surface area contributed by atoms with Crippen LogP contribution in [0.25, 0.3) is 0 Å². The lowest BCUT2D eigenvalue weighted by molar-refractivity contribution is -0.130. The van der Waals surface area contributed by atoms with Gasteiger partial charge in [0, 0.05) is 20.1 Å². The van der Waals surface area contributed by atoms with Crippen molar-refractivity contribution in [3.8, 4) is 5.75 Å². The summed E-state index contributed by atoms with van der Waals surface area (Å²) in [7, 11) is 1.66. The Hall–Kier alpha value is -1.62. The summed E-state index contributed by atoms with van der Waals surface area (Å²) in [5, 5.41) is 8.62. The molecule has 0 saturated carbocycles. The quantitative estimate of drug-likeness (QED) is 0.802. The number of amides is 1. The molecule has 18 heavy (non-hydrogen) atoms. The molecule has 4 nitrogen and oxygen atoms in total. The molecule has 1 aromatic rings. The number of aliphatic hydroxyl groups excluding tert-OH is 1. The Bertz CT molecular complexity index is 384. The molecule has 1 aromatic carbocycles. The molecule has 0 aliphatic carbocycles. The minimum atomic E-state index is -0.410. The summed E-state index contributed by atoms with van der Waals surface area (Å²) in [4.78, 5) is 13.0. The Morgan fingerprint density at radius 1 is 1.44 bits per heavy atom. The number of hydrogen-bond acceptors (Lipinski definition) is 3. The first-order chi connectivity index (χ1) is 8.65. The van der Waals surface area contributed by atoms with Crippen LogP contribution in [0.3, 0.4) is 0 Å². The van der Waals surface area contributed by atoms with Crippen LogP contribution in [0.4, 0.5) is 4.39 Å². The average Bonchev–Trinajstić information content (AvgIpc) is 2.38. The lowest BCUT2D eigenvalue weighted by Gasteiger charge is -2.17. The molecule has 0 aliphatic rings. The molecule has 0 bridgehead atoms. The number of nitrogens with zero attached hydrogens (tertiary/aromatic N) is 1. The molecule has 1 amide bonds. The van der Waals surface area contributed by atoms with Gasteiger partial charge < -0.3 is 14.7 Å². The molecule has 0 atom stereocenters. The van der Waals surface area contributed by atoms with E-state index in [2.05, 4.69) is 0 Å². The van der Waals surface area contributed by atoms with Gasteiger partial charge in [-0.25, -0.2) is 4.39 Å². The van der Waals surface area contributed by atoms with Gasteiger partial charge in [0.05, 0.1) is 6.54 Å². The second-order valence-electron chi connectivity index (χ2n) is 3.92. The van der Waals surface area contributed by atoms with Crippen molar-refractivity contribution in [3.63, 3.8) is 0 Å². The number of para-hydroxylation sites is 1. The molecule has 0 spiro atoms. The number of hydrogen-bond donors (Lipinski definition) is 1. The highest BCUT2D eigenvalue weighted by atomic mass is 19.1. The second kappa shape index (κ2) is 7.66. The lowest BCUT2D eigenvalue weighted by Crippen LogP contribution is -2.30. The van der Waals surface area contributed by atoms with E-state index in [1.165, 1.54) is 11.0 Å². The fraction of sp³-hybridized carbons (Fsp3) is 0.462. The Labute approximate surface area is 106 Å². The van der Waals surface area contributed by atoms with Gasteiger partial charge in [0.15, 0.2) is 11.6 Å². The highest BCUT2D eigenvalue weighted by Crippen LogP contribution is 2.14. The number of benzene rings is 1. The van der Waals surface area contributed by atoms with Crippen LogP contribution in [-0.2, 0) is 4.79 Å². The number of halogens is 1. The van der Waals surface area contributed by atoms with Gasteiger partial charge in [-0.3, -0.25) is 4.79 Å². The zero-order valence-electron chi connectivity index (χ0n) is 10.4. The predicted molar refractivity (Wildman–Crippen MR) is 65.9 cm³/mol. The largest absolute Gasteiger partial charge is 0.489 e. The molecular weight excluding hydrogens is 237 g/mol. The van der Waals surface area contributed by atoms with Gasteiger partial charge in [-0.1, -0.05) is 12.1 Å². The maximum absolute atomic E-state index is 13.2. The van der Waals surface area contributed by atoms with Crippen LogP contribution >= 0.6 is 0 Å². The summed E-state index contributed by atoms with van der Waals surface area (Å²) in [6.45, 7) is 0.631. The van der Waals surface area contributed by atoms with Crippen molar-refractivity contribution in [2.45, 2.75) is 12.8 Å². The van der Waals surface area contributed by atoms with Crippen molar-refractivity contribution in [1.82, 2.24) is 4.90 Å². The summed E-state index contributed by atoms with van der Waals surface area (Å²) < 4.78 is 18.4. The van der Waals surface area contributed by atoms with Crippen LogP contribution in [-0.4, -0.2) is 42.7 Å². The van der Waals surface area contributed by atoms with E-state index in [1.807, 2.05) is 0 Å². The van der Waals surface area contributed by atoms with E-state index in [-0.39, 0.29) is 24.9 Å². The maximum Gasteiger partial charge on any atom is 0.222 e. The fourth-order valence-corrected chi connectivity index (χ4v) is 1.40. The van der Waals surface area contributed by atoms with E-state index in [4.69, 9.17) is 9.84 Å². The number of aliphatic hydroxyl groups is 1. The molecule has 0 aromatic heterocycles. The highest BCUT2D eigenvalue weighted by Gasteiger charge is 2.08. The third-order valence-corrected chi connectivity index (χ3v) is 2.50. The van der Waals surface area contributed by atoms with E-state index < -0.39 is 5.82 Å². The Kier molecular flexibility index (Phi) is 6.14. The number of ether oxygens (including phenoxy) is 1. The van der Waals surface area contributed by atoms with Gasteiger partial charge in [-0.15, -0.1) is 0 Å². The van der Waals surface area contributed by atoms with Gasteiger partial charge in [0.2, 0.25) is 5.91 Å². The van der Waals surface area contributed by atoms with Crippen molar-refractivity contribution >= 4 is 5.91 Å². The molecule has 1 rings (SSSR count). The normalized spacial score (nSPS) is 10.2. The van der Waals surface area contributed by atoms with Crippen molar-refractivity contribution in [3.05, 3.63) is 30.1 Å². The minimum Gasteiger partial charge on any atom is -0.489 e. The second-order valence-corrected chi connectivity index (χ2v) is 3.92. The van der Waals surface area contributed by atoms with Gasteiger partial charge in [-0.2, -0.15) is 0 Å². The molecule has 0 saturated heterocycles. The van der Waals surface area contributed by atoms with Gasteiger partial charge in [-0.05, 0) is 18.6 Å². The zero-order valence-corrected chi connectivity index (χ0v) is 10.4. The highest BCUT2D eigenvalue weighted by molar-refractivity contribution is 5.75. The van der Waals surface area contributed by atoms with E-state index in [9.17, 15) is 9.18 Å². The van der Waals surface area contributed by atoms with Gasteiger partial charge in [0.1, 0.15) is 6.61 Å². The topological polar surface area (TPSA) is 49.8 Å². The molecule has 0 radical (unpaired) electrons. The van der Waals surface area contributed by atoms with Crippen molar-refractivity contribution in [1.29, 1.82) is 0 Å². The third-order valence-electron chi connectivity index (χ3n) is 2.50. The summed E-state index contributed by atoms with van der Waals surface area (Å²) in [6.07, 6.45) is 0.768. The van der Waals surface area contributed by atoms with E-state index >= 15 is 0 Å². The number of carbonyl (C=O) groups is 1. The lowest BCUT2D eigenvalue weighted by atomic mass is 10.3. The number of likely N-dealkylation sites (N-methyl/N-ethyl adjacent to an activating group) is 1. The SMILES string of the molecule is CN(CCOc1ccccc1F)C(=O)CCCO. The van der Waals surface area contributed by atoms with Gasteiger partial charge in [0.25, 0.3) is 0 Å². The summed E-state index contributed by atoms with van der Waals surface area (Å²) in [5.74, 6) is -0.276. The van der Waals surface area contributed by atoms with Crippen LogP contribution in [0, 0.1) is 5.82 Å². The first kappa shape index (κ1) is 14.4. The Morgan fingerprint density at radius 2 is 2.17 bits per heavy atom. The van der Waals surface area contributed by atoms with Gasteiger partial charge >= 0.3 is 0 Å². The Morgan fingerprint density at radius 3 is 2.83 bits per heavy atom. The minimum absolute atomic E-state index is 0.00526. The summed E-state index contributed by atoms with van der Waals surface area (Å²) in [5.41, 5.74) is 0. The van der Waals surface area contributed by atoms with Crippen molar-refractivity contribution in [2.75, 3.05) is 26.8 Å². The molecule has 1 N–H and O–H groups in total. The molecular formula is C13H18FNO3.